The van der Waals surface area contributed by atoms with Crippen molar-refractivity contribution >= 4 is 0 Å². The van der Waals surface area contributed by atoms with Crippen LogP contribution in [0.2, 0.25) is 0 Å². The monoisotopic (exact) mass is 320 g/mol. The van der Waals surface area contributed by atoms with Crippen molar-refractivity contribution in [2.45, 2.75) is 13.0 Å². The number of nitrogens with zero attached hydrogens (tertiary/aromatic N) is 1. The molecule has 1 aromatic heterocycles. The van der Waals surface area contributed by atoms with Crippen LogP contribution >= 0.6 is 0 Å². The number of pyridine rings is 1. The van der Waals surface area contributed by atoms with Crippen LogP contribution in [0.25, 0.3) is 0 Å². The predicted octanol–water partition coefficient (Wildman–Crippen LogP) is 3.28. The number of halogens is 2. The van der Waals surface area contributed by atoms with Crippen LogP contribution in [0.4, 0.5) is 8.78 Å². The average molecular weight is 320 g/mol. The van der Waals surface area contributed by atoms with Crippen molar-refractivity contribution in [3.05, 3.63) is 53.7 Å². The van der Waals surface area contributed by atoms with Crippen LogP contribution in [0.3, 0.4) is 0 Å². The molecule has 1 aromatic carbocycles. The predicted molar refractivity (Wildman–Crippen MR) is 81.3 cm³/mol. The Balaban J connectivity index is 1.65. The van der Waals surface area contributed by atoms with E-state index in [0.29, 0.717) is 18.3 Å². The van der Waals surface area contributed by atoms with Crippen LogP contribution in [0.1, 0.15) is 12.0 Å². The first-order valence-corrected chi connectivity index (χ1v) is 7.57. The molecule has 1 N–H and O–H groups in total. The summed E-state index contributed by atoms with van der Waals surface area (Å²) in [6.07, 6.45) is 2.63. The van der Waals surface area contributed by atoms with E-state index in [2.05, 4.69) is 10.3 Å². The van der Waals surface area contributed by atoms with Gasteiger partial charge in [0.05, 0.1) is 6.61 Å². The zero-order chi connectivity index (χ0) is 16.1. The third-order valence-electron chi connectivity index (χ3n) is 3.72. The van der Waals surface area contributed by atoms with Crippen molar-refractivity contribution in [3.63, 3.8) is 0 Å². The molecule has 0 aliphatic carbocycles. The highest BCUT2D eigenvalue weighted by Gasteiger charge is 2.15. The van der Waals surface area contributed by atoms with Crippen molar-refractivity contribution in [2.24, 2.45) is 5.92 Å². The van der Waals surface area contributed by atoms with Crippen molar-refractivity contribution < 1.29 is 18.3 Å². The van der Waals surface area contributed by atoms with Gasteiger partial charge in [0, 0.05) is 37.5 Å². The van der Waals surface area contributed by atoms with Crippen molar-refractivity contribution in [1.29, 1.82) is 0 Å². The quantitative estimate of drug-likeness (QED) is 0.887. The fourth-order valence-electron chi connectivity index (χ4n) is 2.47. The molecule has 0 amide bonds. The van der Waals surface area contributed by atoms with Gasteiger partial charge < -0.3 is 14.8 Å². The van der Waals surface area contributed by atoms with E-state index in [9.17, 15) is 8.78 Å². The minimum absolute atomic E-state index is 0.0458. The Hall–Kier alpha value is -2.05. The van der Waals surface area contributed by atoms with Crippen molar-refractivity contribution in [2.75, 3.05) is 19.8 Å². The zero-order valence-corrected chi connectivity index (χ0v) is 12.6. The number of benzene rings is 1. The summed E-state index contributed by atoms with van der Waals surface area (Å²) in [6.45, 7) is 3.00. The van der Waals surface area contributed by atoms with Gasteiger partial charge in [-0.2, -0.15) is 0 Å². The molecule has 1 fully saturated rings. The molecule has 1 unspecified atom stereocenters. The second kappa shape index (κ2) is 7.48. The number of ether oxygens (including phenoxy) is 2. The van der Waals surface area contributed by atoms with E-state index in [1.165, 1.54) is 6.07 Å². The van der Waals surface area contributed by atoms with Crippen LogP contribution in [-0.2, 0) is 11.3 Å². The lowest BCUT2D eigenvalue weighted by Gasteiger charge is -2.13. The molecule has 0 saturated carbocycles. The van der Waals surface area contributed by atoms with Gasteiger partial charge in [-0.15, -0.1) is 0 Å². The highest BCUT2D eigenvalue weighted by molar-refractivity contribution is 5.33. The molecule has 0 spiro atoms. The van der Waals surface area contributed by atoms with E-state index >= 15 is 0 Å². The molecule has 6 heteroatoms. The summed E-state index contributed by atoms with van der Waals surface area (Å²) in [5.41, 5.74) is 0.815. The Morgan fingerprint density at radius 3 is 3.00 bits per heavy atom. The number of rotatable bonds is 6. The largest absolute Gasteiger partial charge is 0.436 e. The summed E-state index contributed by atoms with van der Waals surface area (Å²) in [6, 6.07) is 6.85. The molecule has 23 heavy (non-hydrogen) atoms. The summed E-state index contributed by atoms with van der Waals surface area (Å²) in [5, 5.41) is 3.34. The molecule has 1 aliphatic rings. The first kappa shape index (κ1) is 15.8. The van der Waals surface area contributed by atoms with Gasteiger partial charge in [0.2, 0.25) is 5.88 Å². The van der Waals surface area contributed by atoms with Crippen LogP contribution < -0.4 is 10.1 Å². The Morgan fingerprint density at radius 1 is 1.30 bits per heavy atom. The van der Waals surface area contributed by atoms with E-state index in [1.807, 2.05) is 6.07 Å². The van der Waals surface area contributed by atoms with Crippen molar-refractivity contribution in [3.8, 4) is 11.6 Å². The highest BCUT2D eigenvalue weighted by Crippen LogP contribution is 2.26. The van der Waals surface area contributed by atoms with E-state index in [-0.39, 0.29) is 5.75 Å². The molecule has 0 bridgehead atoms. The highest BCUT2D eigenvalue weighted by atomic mass is 19.1. The number of nitrogens with one attached hydrogen (secondary N) is 1. The van der Waals surface area contributed by atoms with E-state index < -0.39 is 11.6 Å². The van der Waals surface area contributed by atoms with Crippen LogP contribution in [0.15, 0.2) is 36.5 Å². The van der Waals surface area contributed by atoms with Gasteiger partial charge in [-0.25, -0.2) is 13.8 Å². The summed E-state index contributed by atoms with van der Waals surface area (Å²) >= 11 is 0. The van der Waals surface area contributed by atoms with Gasteiger partial charge >= 0.3 is 0 Å². The minimum Gasteiger partial charge on any atom is -0.436 e. The maximum atomic E-state index is 13.7. The Morgan fingerprint density at radius 2 is 2.22 bits per heavy atom. The van der Waals surface area contributed by atoms with Gasteiger partial charge in [0.25, 0.3) is 0 Å². The molecule has 122 valence electrons. The number of hydrogen-bond acceptors (Lipinski definition) is 4. The van der Waals surface area contributed by atoms with Gasteiger partial charge in [-0.1, -0.05) is 6.07 Å². The first-order chi connectivity index (χ1) is 11.2. The third kappa shape index (κ3) is 4.24. The zero-order valence-electron chi connectivity index (χ0n) is 12.6. The first-order valence-electron chi connectivity index (χ1n) is 7.57. The van der Waals surface area contributed by atoms with Crippen LogP contribution in [-0.4, -0.2) is 24.7 Å². The fraction of sp³-hybridized carbons (Fsp3) is 0.353. The molecule has 2 heterocycles. The molecular formula is C17H18F2N2O2. The lowest BCUT2D eigenvalue weighted by atomic mass is 10.1. The minimum atomic E-state index is -0.752. The standard InChI is InChI=1S/C17H18F2N2O2/c18-14-3-4-16(15(19)8-14)23-17-13(2-1-6-21-17)10-20-9-12-5-7-22-11-12/h1-4,6,8,12,20H,5,7,9-11H2. The van der Waals surface area contributed by atoms with Gasteiger partial charge in [0.15, 0.2) is 11.6 Å². The fourth-order valence-corrected chi connectivity index (χ4v) is 2.47. The SMILES string of the molecule is Fc1ccc(Oc2ncccc2CNCC2CCOC2)c(F)c1. The second-order valence-corrected chi connectivity index (χ2v) is 5.51. The van der Waals surface area contributed by atoms with E-state index in [0.717, 1.165) is 43.9 Å². The molecule has 4 nitrogen and oxygen atoms in total. The second-order valence-electron chi connectivity index (χ2n) is 5.51. The molecule has 1 saturated heterocycles. The summed E-state index contributed by atoms with van der Waals surface area (Å²) < 4.78 is 37.5. The summed E-state index contributed by atoms with van der Waals surface area (Å²) in [5.74, 6) is -0.608. The van der Waals surface area contributed by atoms with Crippen LogP contribution in [0, 0.1) is 17.6 Å². The van der Waals surface area contributed by atoms with Gasteiger partial charge in [0.1, 0.15) is 5.82 Å². The van der Waals surface area contributed by atoms with E-state index in [4.69, 9.17) is 9.47 Å². The molecular weight excluding hydrogens is 302 g/mol. The normalized spacial score (nSPS) is 17.4. The number of hydrogen-bond donors (Lipinski definition) is 1. The van der Waals surface area contributed by atoms with E-state index in [1.54, 1.807) is 12.3 Å². The smallest absolute Gasteiger partial charge is 0.223 e. The van der Waals surface area contributed by atoms with Gasteiger partial charge in [-0.05, 0) is 30.5 Å². The molecule has 0 radical (unpaired) electrons. The average Bonchev–Trinajstić information content (AvgIpc) is 3.05. The van der Waals surface area contributed by atoms with Gasteiger partial charge in [-0.3, -0.25) is 0 Å². The lowest BCUT2D eigenvalue weighted by Crippen LogP contribution is -2.22. The maximum Gasteiger partial charge on any atom is 0.223 e. The molecule has 1 aliphatic heterocycles. The molecule has 1 atom stereocenters. The molecule has 2 aromatic rings. The lowest BCUT2D eigenvalue weighted by molar-refractivity contribution is 0.185. The maximum absolute atomic E-state index is 13.7. The van der Waals surface area contributed by atoms with Crippen molar-refractivity contribution in [1.82, 2.24) is 10.3 Å². The Kier molecular flexibility index (Phi) is 5.15. The third-order valence-corrected chi connectivity index (χ3v) is 3.72. The molecule has 3 rings (SSSR count). The number of aromatic nitrogens is 1. The topological polar surface area (TPSA) is 43.4 Å². The Labute approximate surface area is 133 Å². The van der Waals surface area contributed by atoms with Crippen LogP contribution in [0.5, 0.6) is 11.6 Å². The summed E-state index contributed by atoms with van der Waals surface area (Å²) in [7, 11) is 0. The summed E-state index contributed by atoms with van der Waals surface area (Å²) in [4.78, 5) is 4.14. The Bertz CT molecular complexity index is 661.